The van der Waals surface area contributed by atoms with Crippen LogP contribution >= 0.6 is 0 Å². The molecule has 1 saturated carbocycles. The van der Waals surface area contributed by atoms with Gasteiger partial charge in [0.05, 0.1) is 0 Å². The van der Waals surface area contributed by atoms with Crippen molar-refractivity contribution in [1.82, 2.24) is 0 Å². The van der Waals surface area contributed by atoms with Gasteiger partial charge in [0.15, 0.2) is 0 Å². The predicted octanol–water partition coefficient (Wildman–Crippen LogP) is 7.44. The smallest absolute Gasteiger partial charge is 0.0168 e. The first-order valence-electron chi connectivity index (χ1n) is 9.31. The molecule has 2 N–H and O–H groups in total. The lowest BCUT2D eigenvalue weighted by Crippen LogP contribution is -2.07. The fraction of sp³-hybridized carbons (Fsp3) is 0.727. The molecule has 1 rings (SSSR count). The zero-order chi connectivity index (χ0) is 17.4. The van der Waals surface area contributed by atoms with E-state index in [1.54, 1.807) is 0 Å². The molecule has 0 bridgehead atoms. The van der Waals surface area contributed by atoms with Gasteiger partial charge in [0.25, 0.3) is 0 Å². The number of allylic oxidation sites excluding steroid dienone is 5. The van der Waals surface area contributed by atoms with Gasteiger partial charge in [-0.3, -0.25) is 0 Å². The van der Waals surface area contributed by atoms with Crippen molar-refractivity contribution in [3.63, 3.8) is 0 Å². The fourth-order valence-electron chi connectivity index (χ4n) is 2.86. The molecule has 0 unspecified atom stereocenters. The molecule has 1 heteroatoms. The van der Waals surface area contributed by atoms with Crippen molar-refractivity contribution in [2.45, 2.75) is 93.4 Å². The second kappa shape index (κ2) is 19.2. The Morgan fingerprint density at radius 2 is 1.57 bits per heavy atom. The van der Waals surface area contributed by atoms with Gasteiger partial charge in [0, 0.05) is 0 Å². The molecule has 0 aromatic carbocycles. The summed E-state index contributed by atoms with van der Waals surface area (Å²) in [5.74, 6) is 0.750. The minimum absolute atomic E-state index is 0. The van der Waals surface area contributed by atoms with E-state index in [-0.39, 0.29) is 7.43 Å². The quantitative estimate of drug-likeness (QED) is 0.505. The van der Waals surface area contributed by atoms with Crippen molar-refractivity contribution in [2.75, 3.05) is 7.05 Å². The summed E-state index contributed by atoms with van der Waals surface area (Å²) in [5, 5.41) is 0. The van der Waals surface area contributed by atoms with Crippen molar-refractivity contribution >= 4 is 0 Å². The van der Waals surface area contributed by atoms with E-state index in [1.807, 2.05) is 13.8 Å². The maximum atomic E-state index is 4.50. The SMILES string of the molecule is C.C=C(/C=C(/C=C(\C)CCC)CC)C1CCCCC1.CC.CN. The van der Waals surface area contributed by atoms with Crippen molar-refractivity contribution in [3.8, 4) is 0 Å². The van der Waals surface area contributed by atoms with Gasteiger partial charge in [0.2, 0.25) is 0 Å². The van der Waals surface area contributed by atoms with Gasteiger partial charge < -0.3 is 5.73 Å². The van der Waals surface area contributed by atoms with E-state index >= 15 is 0 Å². The Balaban J connectivity index is -0.000000739. The monoisotopic (exact) mass is 323 g/mol. The summed E-state index contributed by atoms with van der Waals surface area (Å²) in [5.41, 5.74) is 8.82. The maximum Gasteiger partial charge on any atom is -0.0168 e. The average Bonchev–Trinajstić information content (AvgIpc) is 2.58. The highest BCUT2D eigenvalue weighted by Gasteiger charge is 2.14. The lowest BCUT2D eigenvalue weighted by molar-refractivity contribution is 0.409. The summed E-state index contributed by atoms with van der Waals surface area (Å²) >= 11 is 0. The van der Waals surface area contributed by atoms with Crippen LogP contribution < -0.4 is 5.73 Å². The second-order valence-corrected chi connectivity index (χ2v) is 5.72. The molecule has 0 atom stereocenters. The molecular weight excluding hydrogens is 278 g/mol. The highest BCUT2D eigenvalue weighted by atomic mass is 14.4. The van der Waals surface area contributed by atoms with Gasteiger partial charge in [-0.15, -0.1) is 0 Å². The molecule has 1 fully saturated rings. The van der Waals surface area contributed by atoms with Crippen LogP contribution in [0.15, 0.2) is 35.5 Å². The molecule has 1 aliphatic rings. The minimum Gasteiger partial charge on any atom is -0.333 e. The first kappa shape index (κ1) is 27.0. The van der Waals surface area contributed by atoms with Gasteiger partial charge in [0.1, 0.15) is 0 Å². The van der Waals surface area contributed by atoms with Gasteiger partial charge in [-0.1, -0.05) is 90.7 Å². The van der Waals surface area contributed by atoms with Crippen molar-refractivity contribution < 1.29 is 0 Å². The summed E-state index contributed by atoms with van der Waals surface area (Å²) in [6.07, 6.45) is 15.2. The van der Waals surface area contributed by atoms with Crippen LogP contribution in [0.1, 0.15) is 93.4 Å². The zero-order valence-corrected chi connectivity index (χ0v) is 16.2. The Morgan fingerprint density at radius 1 is 1.04 bits per heavy atom. The van der Waals surface area contributed by atoms with Gasteiger partial charge in [-0.05, 0) is 51.1 Å². The highest BCUT2D eigenvalue weighted by molar-refractivity contribution is 5.31. The summed E-state index contributed by atoms with van der Waals surface area (Å²) < 4.78 is 0. The number of nitrogens with two attached hydrogens (primary N) is 1. The van der Waals surface area contributed by atoms with E-state index < -0.39 is 0 Å². The summed E-state index contributed by atoms with van der Waals surface area (Å²) in [6, 6.07) is 0. The molecule has 0 amide bonds. The van der Waals surface area contributed by atoms with E-state index in [9.17, 15) is 0 Å². The average molecular weight is 324 g/mol. The summed E-state index contributed by atoms with van der Waals surface area (Å²) in [4.78, 5) is 0. The van der Waals surface area contributed by atoms with Crippen LogP contribution in [-0.2, 0) is 0 Å². The molecular formula is C22H45N. The standard InChI is InChI=1S/C18H30.C2H6.CH5N.CH4/c1-5-10-15(3)13-17(6-2)14-16(4)18-11-8-7-9-12-18;2*1-2;/h13-14,18H,4-12H2,1-3H3;1-2H3;2H2,1H3;1H4/b15-13+,17-14+;;;. The molecule has 0 aromatic heterocycles. The molecule has 0 heterocycles. The van der Waals surface area contributed by atoms with E-state index in [0.29, 0.717) is 0 Å². The molecule has 0 aromatic rings. The highest BCUT2D eigenvalue weighted by Crippen LogP contribution is 2.30. The van der Waals surface area contributed by atoms with Crippen molar-refractivity contribution in [1.29, 1.82) is 0 Å². The van der Waals surface area contributed by atoms with Gasteiger partial charge in [-0.2, -0.15) is 0 Å². The van der Waals surface area contributed by atoms with E-state index in [0.717, 1.165) is 12.3 Å². The first-order chi connectivity index (χ1) is 10.7. The largest absolute Gasteiger partial charge is 0.333 e. The third-order valence-corrected chi connectivity index (χ3v) is 3.98. The minimum atomic E-state index is 0. The molecule has 138 valence electrons. The Morgan fingerprint density at radius 3 is 2.00 bits per heavy atom. The Hall–Kier alpha value is -0.820. The lowest BCUT2D eigenvalue weighted by atomic mass is 9.83. The van der Waals surface area contributed by atoms with Crippen molar-refractivity contribution in [2.24, 2.45) is 11.7 Å². The number of rotatable bonds is 6. The van der Waals surface area contributed by atoms with Crippen LogP contribution in [0.2, 0.25) is 0 Å². The fourth-order valence-corrected chi connectivity index (χ4v) is 2.86. The van der Waals surface area contributed by atoms with E-state index in [4.69, 9.17) is 0 Å². The normalized spacial score (nSPS) is 15.4. The molecule has 0 aliphatic heterocycles. The Kier molecular flexibility index (Phi) is 22.6. The second-order valence-electron chi connectivity index (χ2n) is 5.72. The first-order valence-corrected chi connectivity index (χ1v) is 9.31. The Labute approximate surface area is 148 Å². The van der Waals surface area contributed by atoms with Crippen LogP contribution in [0.5, 0.6) is 0 Å². The van der Waals surface area contributed by atoms with E-state index in [2.05, 4.69) is 45.2 Å². The molecule has 0 saturated heterocycles. The lowest BCUT2D eigenvalue weighted by Gasteiger charge is -2.22. The van der Waals surface area contributed by atoms with E-state index in [1.165, 1.54) is 68.7 Å². The van der Waals surface area contributed by atoms with Crippen LogP contribution in [-0.4, -0.2) is 7.05 Å². The number of hydrogen-bond donors (Lipinski definition) is 1. The van der Waals surface area contributed by atoms with Crippen LogP contribution in [0.4, 0.5) is 0 Å². The Bertz CT molecular complexity index is 317. The third-order valence-electron chi connectivity index (χ3n) is 3.98. The maximum absolute atomic E-state index is 4.50. The van der Waals surface area contributed by atoms with Crippen LogP contribution in [0.3, 0.4) is 0 Å². The molecule has 0 spiro atoms. The topological polar surface area (TPSA) is 26.0 Å². The summed E-state index contributed by atoms with van der Waals surface area (Å²) in [6.45, 7) is 15.0. The third kappa shape index (κ3) is 13.3. The summed E-state index contributed by atoms with van der Waals surface area (Å²) in [7, 11) is 1.50. The predicted molar refractivity (Wildman–Crippen MR) is 111 cm³/mol. The van der Waals surface area contributed by atoms with Crippen LogP contribution in [0.25, 0.3) is 0 Å². The van der Waals surface area contributed by atoms with Crippen molar-refractivity contribution in [3.05, 3.63) is 35.5 Å². The molecule has 23 heavy (non-hydrogen) atoms. The molecule has 0 radical (unpaired) electrons. The molecule has 1 aliphatic carbocycles. The van der Waals surface area contributed by atoms with Crippen LogP contribution in [0, 0.1) is 5.92 Å². The van der Waals surface area contributed by atoms with Gasteiger partial charge >= 0.3 is 0 Å². The molecule has 1 nitrogen and oxygen atoms in total. The zero-order valence-electron chi connectivity index (χ0n) is 16.2. The van der Waals surface area contributed by atoms with Gasteiger partial charge in [-0.25, -0.2) is 0 Å². The number of hydrogen-bond acceptors (Lipinski definition) is 1.